The molecule has 3 aromatic rings. The smallest absolute Gasteiger partial charge is 0.410 e. The van der Waals surface area contributed by atoms with E-state index in [1.807, 2.05) is 34.9 Å². The number of hydrogen-bond acceptors (Lipinski definition) is 10. The van der Waals surface area contributed by atoms with Crippen LogP contribution in [0.1, 0.15) is 64.4 Å². The molecule has 18 heteroatoms. The molecule has 0 radical (unpaired) electrons. The first-order valence-corrected chi connectivity index (χ1v) is 21.4. The van der Waals surface area contributed by atoms with E-state index in [1.54, 1.807) is 43.7 Å². The Morgan fingerprint density at radius 1 is 1.00 bits per heavy atom. The highest BCUT2D eigenvalue weighted by atomic mass is 19.1. The number of imidazole rings is 1. The lowest BCUT2D eigenvalue weighted by Crippen LogP contribution is -2.51. The third kappa shape index (κ3) is 13.1. The van der Waals surface area contributed by atoms with E-state index < -0.39 is 59.4 Å². The van der Waals surface area contributed by atoms with Crippen LogP contribution in [0.3, 0.4) is 0 Å². The van der Waals surface area contributed by atoms with Gasteiger partial charge < -0.3 is 43.9 Å². The molecule has 16 nitrogen and oxygen atoms in total. The monoisotopic (exact) mass is 877 g/mol. The molecule has 0 spiro atoms. The van der Waals surface area contributed by atoms with Gasteiger partial charge in [-0.05, 0) is 82.6 Å². The second-order valence-electron chi connectivity index (χ2n) is 17.0. The number of carbonyl (C=O) groups is 5. The molecule has 3 aliphatic heterocycles. The summed E-state index contributed by atoms with van der Waals surface area (Å²) in [5.41, 5.74) is 0.427. The molecule has 6 rings (SSSR count). The van der Waals surface area contributed by atoms with Crippen molar-refractivity contribution in [3.8, 4) is 11.3 Å². The molecule has 0 saturated carbocycles. The molecule has 63 heavy (non-hydrogen) atoms. The third-order valence-electron chi connectivity index (χ3n) is 10.9. The Kier molecular flexibility index (Phi) is 15.9. The van der Waals surface area contributed by atoms with E-state index in [2.05, 4.69) is 10.6 Å². The number of halogens is 2. The first kappa shape index (κ1) is 46.6. The maximum Gasteiger partial charge on any atom is 0.410 e. The zero-order chi connectivity index (χ0) is 45.1. The van der Waals surface area contributed by atoms with Crippen molar-refractivity contribution in [2.75, 3.05) is 65.8 Å². The minimum atomic E-state index is -0.737. The Labute approximate surface area is 365 Å². The van der Waals surface area contributed by atoms with Crippen LogP contribution in [0.25, 0.3) is 11.3 Å². The molecule has 2 aromatic carbocycles. The fraction of sp³-hybridized carbons (Fsp3) is 0.511. The van der Waals surface area contributed by atoms with Gasteiger partial charge in [-0.25, -0.2) is 28.1 Å². The molecule has 6 amide bonds. The van der Waals surface area contributed by atoms with E-state index in [9.17, 15) is 28.4 Å². The van der Waals surface area contributed by atoms with Gasteiger partial charge in [0.05, 0.1) is 37.5 Å². The van der Waals surface area contributed by atoms with Gasteiger partial charge in [-0.1, -0.05) is 30.3 Å². The van der Waals surface area contributed by atoms with Crippen molar-refractivity contribution in [2.24, 2.45) is 11.8 Å². The highest BCUT2D eigenvalue weighted by Gasteiger charge is 2.40. The molecule has 4 heterocycles. The molecule has 2 fully saturated rings. The van der Waals surface area contributed by atoms with Crippen molar-refractivity contribution in [1.82, 2.24) is 34.9 Å². The van der Waals surface area contributed by atoms with Crippen LogP contribution >= 0.6 is 0 Å². The van der Waals surface area contributed by atoms with E-state index in [0.717, 1.165) is 28.7 Å². The van der Waals surface area contributed by atoms with E-state index in [4.69, 9.17) is 23.9 Å². The van der Waals surface area contributed by atoms with Crippen LogP contribution in [-0.2, 0) is 35.1 Å². The van der Waals surface area contributed by atoms with Crippen molar-refractivity contribution in [1.29, 1.82) is 0 Å². The Morgan fingerprint density at radius 3 is 2.44 bits per heavy atom. The van der Waals surface area contributed by atoms with Crippen LogP contribution < -0.4 is 10.6 Å². The van der Waals surface area contributed by atoms with Crippen LogP contribution in [-0.4, -0.2) is 132 Å². The lowest BCUT2D eigenvalue weighted by molar-refractivity contribution is -0.137. The number of nitrogens with zero attached hydrogens (tertiary/aromatic N) is 5. The van der Waals surface area contributed by atoms with Crippen LogP contribution in [0, 0.1) is 23.5 Å². The van der Waals surface area contributed by atoms with Gasteiger partial charge in [0.25, 0.3) is 11.8 Å². The van der Waals surface area contributed by atoms with Crippen LogP contribution in [0.2, 0.25) is 0 Å². The standard InChI is InChI=1S/C45H57F2N7O9/c1-30(29-62-43(58)48-17-22-61-23-19-53-38(55)12-13-39(53)56)49-42(57)54(27-32-14-18-51(26-32)44(59)63-45(2,3)4)40(33-15-20-60-21-16-33)41-50-37(35-24-34(46)10-11-36(35)47)28-52(41)25-31-8-6-5-7-9-31/h5-13,24,28,30,32-33,40H,14-23,25-27,29H2,1-4H3,(H,48,58)(H,49,57)/t30-,32?,40?/m0/s1. The van der Waals surface area contributed by atoms with E-state index in [0.29, 0.717) is 57.9 Å². The average molecular weight is 878 g/mol. The number of nitrogens with one attached hydrogen (secondary N) is 2. The summed E-state index contributed by atoms with van der Waals surface area (Å²) >= 11 is 0. The quantitative estimate of drug-likeness (QED) is 0.127. The fourth-order valence-electron chi connectivity index (χ4n) is 7.83. The van der Waals surface area contributed by atoms with Crippen LogP contribution in [0.4, 0.5) is 23.2 Å². The van der Waals surface area contributed by atoms with Gasteiger partial charge in [0, 0.05) is 69.8 Å². The first-order chi connectivity index (χ1) is 30.1. The second kappa shape index (κ2) is 21.5. The number of benzene rings is 2. The molecule has 3 atom stereocenters. The average Bonchev–Trinajstić information content (AvgIpc) is 3.98. The van der Waals surface area contributed by atoms with Gasteiger partial charge in [-0.2, -0.15) is 0 Å². The third-order valence-corrected chi connectivity index (χ3v) is 10.9. The van der Waals surface area contributed by atoms with Crippen molar-refractivity contribution >= 4 is 30.0 Å². The molecule has 3 aliphatic rings. The number of ether oxygens (including phenoxy) is 4. The summed E-state index contributed by atoms with van der Waals surface area (Å²) in [4.78, 5) is 73.4. The summed E-state index contributed by atoms with van der Waals surface area (Å²) < 4.78 is 54.2. The molecule has 2 saturated heterocycles. The van der Waals surface area contributed by atoms with Crippen molar-refractivity contribution in [3.63, 3.8) is 0 Å². The number of rotatable bonds is 17. The van der Waals surface area contributed by atoms with Crippen LogP contribution in [0.15, 0.2) is 66.9 Å². The number of urea groups is 1. The summed E-state index contributed by atoms with van der Waals surface area (Å²) in [5.74, 6) is -1.92. The number of hydrogen-bond donors (Lipinski definition) is 2. The molecule has 340 valence electrons. The van der Waals surface area contributed by atoms with Crippen molar-refractivity contribution < 1.29 is 51.7 Å². The summed E-state index contributed by atoms with van der Waals surface area (Å²) in [7, 11) is 0. The second-order valence-corrected chi connectivity index (χ2v) is 17.0. The van der Waals surface area contributed by atoms with Crippen molar-refractivity contribution in [2.45, 2.75) is 71.2 Å². The first-order valence-electron chi connectivity index (χ1n) is 21.4. The van der Waals surface area contributed by atoms with Gasteiger partial charge in [0.2, 0.25) is 0 Å². The van der Waals surface area contributed by atoms with Gasteiger partial charge in [-0.15, -0.1) is 0 Å². The minimum Gasteiger partial charge on any atom is -0.447 e. The van der Waals surface area contributed by atoms with E-state index in [1.165, 1.54) is 12.2 Å². The number of imide groups is 1. The maximum absolute atomic E-state index is 15.4. The predicted octanol–water partition coefficient (Wildman–Crippen LogP) is 5.67. The summed E-state index contributed by atoms with van der Waals surface area (Å²) in [6.45, 7) is 9.51. The SMILES string of the molecule is C[C@@H](COC(=O)NCCOCCN1C(=O)C=CC1=O)NC(=O)N(CC1CCN(C(=O)OC(C)(C)C)C1)C(c1nc(-c2cc(F)ccc2F)cn1Cc1ccccc1)C1CCOCC1. The van der Waals surface area contributed by atoms with Gasteiger partial charge >= 0.3 is 18.2 Å². The molecular formula is C45H57F2N7O9. The van der Waals surface area contributed by atoms with E-state index in [-0.39, 0.29) is 62.5 Å². The molecule has 0 aliphatic carbocycles. The lowest BCUT2D eigenvalue weighted by Gasteiger charge is -2.40. The maximum atomic E-state index is 15.4. The van der Waals surface area contributed by atoms with Crippen molar-refractivity contribution in [3.05, 3.63) is 89.9 Å². The fourth-order valence-corrected chi connectivity index (χ4v) is 7.83. The lowest BCUT2D eigenvalue weighted by atomic mass is 9.89. The minimum absolute atomic E-state index is 0.0168. The van der Waals surface area contributed by atoms with E-state index >= 15 is 4.39 Å². The summed E-state index contributed by atoms with van der Waals surface area (Å²) in [6.07, 6.45) is 4.66. The molecule has 1 aromatic heterocycles. The summed E-state index contributed by atoms with van der Waals surface area (Å²) in [5, 5.41) is 5.60. The Morgan fingerprint density at radius 2 is 1.73 bits per heavy atom. The number of likely N-dealkylation sites (tertiary alicyclic amines) is 1. The molecule has 0 bridgehead atoms. The Balaban J connectivity index is 1.22. The highest BCUT2D eigenvalue weighted by molar-refractivity contribution is 6.12. The number of amides is 6. The van der Waals surface area contributed by atoms with Gasteiger partial charge in [0.1, 0.15) is 29.7 Å². The molecule has 2 N–H and O–H groups in total. The van der Waals surface area contributed by atoms with Gasteiger partial charge in [-0.3, -0.25) is 14.5 Å². The summed E-state index contributed by atoms with van der Waals surface area (Å²) in [6, 6.07) is 11.0. The highest BCUT2D eigenvalue weighted by Crippen LogP contribution is 2.38. The largest absolute Gasteiger partial charge is 0.447 e. The zero-order valence-corrected chi connectivity index (χ0v) is 36.2. The van der Waals surface area contributed by atoms with Gasteiger partial charge in [0.15, 0.2) is 0 Å². The predicted molar refractivity (Wildman–Crippen MR) is 226 cm³/mol. The molecular weight excluding hydrogens is 821 g/mol. The number of alkyl carbamates (subject to hydrolysis) is 1. The number of carbonyl (C=O) groups excluding carboxylic acids is 5. The molecule has 2 unspecified atom stereocenters. The zero-order valence-electron chi connectivity index (χ0n) is 36.2. The normalized spacial score (nSPS) is 17.8. The topological polar surface area (TPSA) is 174 Å². The number of aromatic nitrogens is 2. The Hall–Kier alpha value is -5.88. The van der Waals surface area contributed by atoms with Crippen LogP contribution in [0.5, 0.6) is 0 Å². The Bertz CT molecular complexity index is 2090.